The van der Waals surface area contributed by atoms with E-state index >= 15 is 0 Å². The van der Waals surface area contributed by atoms with Crippen LogP contribution in [0.15, 0.2) is 0 Å². The number of rotatable bonds is 10. The van der Waals surface area contributed by atoms with Gasteiger partial charge in [0.2, 0.25) is 0 Å². The summed E-state index contributed by atoms with van der Waals surface area (Å²) in [6.07, 6.45) is 5.78. The van der Waals surface area contributed by atoms with E-state index in [-0.39, 0.29) is 6.32 Å². The van der Waals surface area contributed by atoms with E-state index in [0.29, 0.717) is 12.8 Å². The summed E-state index contributed by atoms with van der Waals surface area (Å²) < 4.78 is 73.0. The smallest absolute Gasteiger partial charge is 0.291 e. The Hall–Kier alpha value is -0.305. The summed E-state index contributed by atoms with van der Waals surface area (Å²) in [4.78, 5) is 0. The van der Waals surface area contributed by atoms with Gasteiger partial charge < -0.3 is 0 Å². The van der Waals surface area contributed by atoms with E-state index in [9.17, 15) is 25.9 Å². The summed E-state index contributed by atoms with van der Waals surface area (Å²) in [6, 6.07) is 0. The first-order valence-corrected chi connectivity index (χ1v) is 7.75. The monoisotopic (exact) mass is 306 g/mol. The van der Waals surface area contributed by atoms with E-state index in [0.717, 1.165) is 32.1 Å². The van der Waals surface area contributed by atoms with E-state index < -0.39 is 22.8 Å². The van der Waals surface area contributed by atoms with Gasteiger partial charge in [-0.15, -0.1) is 0 Å². The minimum atomic E-state index is -5.83. The quantitative estimate of drug-likeness (QED) is 0.264. The molecule has 3 nitrogen and oxygen atoms in total. The van der Waals surface area contributed by atoms with E-state index in [1.807, 2.05) is 0 Å². The molecule has 0 bridgehead atoms. The fourth-order valence-corrected chi connectivity index (χ4v) is 1.98. The zero-order valence-corrected chi connectivity index (χ0v) is 11.7. The zero-order valence-electron chi connectivity index (χ0n) is 10.9. The molecule has 0 atom stereocenters. The van der Waals surface area contributed by atoms with Gasteiger partial charge in [-0.25, -0.2) is 0 Å². The van der Waals surface area contributed by atoms with Crippen molar-refractivity contribution in [2.24, 2.45) is 0 Å². The molecule has 9 heteroatoms. The molecule has 0 heterocycles. The second-order valence-electron chi connectivity index (χ2n) is 4.32. The standard InChI is InChI=1S/C10H19BF4O3S/c1-2-3-4-5-6-7-8-9-11(15)18-19(16,17)10(12,13)14/h2-9H2,1H3. The highest BCUT2D eigenvalue weighted by molar-refractivity contribution is 7.88. The second-order valence-corrected chi connectivity index (χ2v) is 5.88. The molecule has 0 aromatic rings. The van der Waals surface area contributed by atoms with Gasteiger partial charge in [-0.3, -0.25) is 8.42 Å². The van der Waals surface area contributed by atoms with Crippen LogP contribution in [0, 0.1) is 0 Å². The molecular weight excluding hydrogens is 287 g/mol. The normalized spacial score (nSPS) is 12.7. The van der Waals surface area contributed by atoms with E-state index in [1.165, 1.54) is 0 Å². The van der Waals surface area contributed by atoms with Crippen LogP contribution in [0.2, 0.25) is 6.32 Å². The van der Waals surface area contributed by atoms with Gasteiger partial charge >= 0.3 is 22.8 Å². The topological polar surface area (TPSA) is 43.4 Å². The fourth-order valence-electron chi connectivity index (χ4n) is 1.50. The molecule has 0 aromatic carbocycles. The number of alkyl halides is 3. The average Bonchev–Trinajstić information content (AvgIpc) is 2.25. The van der Waals surface area contributed by atoms with Crippen LogP contribution in [0.3, 0.4) is 0 Å². The van der Waals surface area contributed by atoms with Gasteiger partial charge in [0.25, 0.3) is 0 Å². The SMILES string of the molecule is CCCCCCCCCB(F)OS(=O)(=O)C(F)(F)F. The Morgan fingerprint density at radius 2 is 1.47 bits per heavy atom. The third kappa shape index (κ3) is 8.46. The molecule has 0 radical (unpaired) electrons. The van der Waals surface area contributed by atoms with Crippen molar-refractivity contribution in [1.29, 1.82) is 0 Å². The largest absolute Gasteiger partial charge is 0.521 e. The molecule has 0 aliphatic heterocycles. The highest BCUT2D eigenvalue weighted by Gasteiger charge is 2.49. The lowest BCUT2D eigenvalue weighted by molar-refractivity contribution is -0.0504. The van der Waals surface area contributed by atoms with Crippen molar-refractivity contribution in [1.82, 2.24) is 0 Å². The lowest BCUT2D eigenvalue weighted by Crippen LogP contribution is -2.30. The zero-order chi connectivity index (χ0) is 14.9. The molecular formula is C10H19BF4O3S. The van der Waals surface area contributed by atoms with Gasteiger partial charge in [-0.2, -0.15) is 21.6 Å². The van der Waals surface area contributed by atoms with Crippen LogP contribution in [-0.4, -0.2) is 21.1 Å². The predicted octanol–water partition coefficient (Wildman–Crippen LogP) is 4.06. The molecule has 0 spiro atoms. The van der Waals surface area contributed by atoms with Gasteiger partial charge in [0, 0.05) is 0 Å². The maximum atomic E-state index is 13.0. The van der Waals surface area contributed by atoms with E-state index in [2.05, 4.69) is 11.0 Å². The Balaban J connectivity index is 3.74. The molecule has 114 valence electrons. The van der Waals surface area contributed by atoms with Crippen LogP contribution in [0.25, 0.3) is 0 Å². The molecule has 0 aliphatic carbocycles. The molecule has 19 heavy (non-hydrogen) atoms. The number of hydrogen-bond donors (Lipinski definition) is 0. The molecule has 0 aliphatic rings. The van der Waals surface area contributed by atoms with Gasteiger partial charge in [-0.1, -0.05) is 51.9 Å². The fraction of sp³-hybridized carbons (Fsp3) is 1.00. The highest BCUT2D eigenvalue weighted by Crippen LogP contribution is 2.26. The summed E-state index contributed by atoms with van der Waals surface area (Å²) in [5, 5.41) is 0. The van der Waals surface area contributed by atoms with Crippen LogP contribution >= 0.6 is 0 Å². The summed E-state index contributed by atoms with van der Waals surface area (Å²) in [5.74, 6) is 0. The van der Waals surface area contributed by atoms with Crippen molar-refractivity contribution in [2.45, 2.75) is 63.7 Å². The summed E-state index contributed by atoms with van der Waals surface area (Å²) in [6.45, 7) is 2.08. The first-order valence-electron chi connectivity index (χ1n) is 6.34. The van der Waals surface area contributed by atoms with Crippen LogP contribution < -0.4 is 0 Å². The van der Waals surface area contributed by atoms with E-state index in [1.54, 1.807) is 0 Å². The number of hydrogen-bond acceptors (Lipinski definition) is 3. The lowest BCUT2D eigenvalue weighted by Gasteiger charge is -2.09. The van der Waals surface area contributed by atoms with Crippen molar-refractivity contribution >= 4 is 17.3 Å². The Bertz CT molecular complexity index is 332. The van der Waals surface area contributed by atoms with Gasteiger partial charge in [0.1, 0.15) is 0 Å². The maximum Gasteiger partial charge on any atom is 0.521 e. The molecule has 0 amide bonds. The molecule has 0 rings (SSSR count). The van der Waals surface area contributed by atoms with Crippen molar-refractivity contribution in [3.8, 4) is 0 Å². The molecule has 0 fully saturated rings. The summed E-state index contributed by atoms with van der Waals surface area (Å²) in [5.41, 5.74) is -5.57. The minimum Gasteiger partial charge on any atom is -0.291 e. The third-order valence-corrected chi connectivity index (χ3v) is 3.58. The lowest BCUT2D eigenvalue weighted by atomic mass is 9.86. The number of halogens is 4. The number of unbranched alkanes of at least 4 members (excludes halogenated alkanes) is 6. The highest BCUT2D eigenvalue weighted by atomic mass is 32.2. The van der Waals surface area contributed by atoms with Gasteiger partial charge in [-0.05, 0) is 6.32 Å². The third-order valence-electron chi connectivity index (χ3n) is 2.55. The van der Waals surface area contributed by atoms with Crippen molar-refractivity contribution < 1.29 is 30.0 Å². The molecule has 0 saturated heterocycles. The summed E-state index contributed by atoms with van der Waals surface area (Å²) in [7, 11) is -8.26. The Kier molecular flexibility index (Phi) is 8.64. The first kappa shape index (κ1) is 18.7. The summed E-state index contributed by atoms with van der Waals surface area (Å²) >= 11 is 0. The second kappa shape index (κ2) is 8.78. The Morgan fingerprint density at radius 1 is 1.00 bits per heavy atom. The van der Waals surface area contributed by atoms with Crippen molar-refractivity contribution in [3.63, 3.8) is 0 Å². The van der Waals surface area contributed by atoms with Gasteiger partial charge in [0.15, 0.2) is 0 Å². The molecule has 0 N–H and O–H groups in total. The van der Waals surface area contributed by atoms with Crippen molar-refractivity contribution in [3.05, 3.63) is 0 Å². The maximum absolute atomic E-state index is 13.0. The Morgan fingerprint density at radius 3 is 1.95 bits per heavy atom. The molecule has 0 saturated carbocycles. The first-order chi connectivity index (χ1) is 8.70. The molecule has 0 unspecified atom stereocenters. The molecule has 0 aromatic heterocycles. The van der Waals surface area contributed by atoms with Crippen LogP contribution in [0.5, 0.6) is 0 Å². The van der Waals surface area contributed by atoms with Crippen LogP contribution in [-0.2, 0) is 14.2 Å². The van der Waals surface area contributed by atoms with Crippen LogP contribution in [0.1, 0.15) is 51.9 Å². The predicted molar refractivity (Wildman–Crippen MR) is 65.7 cm³/mol. The Labute approximate surface area is 112 Å². The van der Waals surface area contributed by atoms with Gasteiger partial charge in [0.05, 0.1) is 0 Å². The minimum absolute atomic E-state index is 0.306. The van der Waals surface area contributed by atoms with Crippen LogP contribution in [0.4, 0.5) is 17.5 Å². The average molecular weight is 306 g/mol. The van der Waals surface area contributed by atoms with Crippen molar-refractivity contribution in [2.75, 3.05) is 0 Å². The van der Waals surface area contributed by atoms with E-state index in [4.69, 9.17) is 0 Å².